The molecule has 0 aromatic heterocycles. The van der Waals surface area contributed by atoms with Crippen LogP contribution in [0.25, 0.3) is 0 Å². The average molecular weight is 291 g/mol. The molecule has 21 heavy (non-hydrogen) atoms. The minimum absolute atomic E-state index is 0.364. The summed E-state index contributed by atoms with van der Waals surface area (Å²) in [5.41, 5.74) is 1.23. The number of likely N-dealkylation sites (tertiary alicyclic amines) is 1. The zero-order valence-corrected chi connectivity index (χ0v) is 13.2. The maximum Gasteiger partial charge on any atom is 0.160 e. The summed E-state index contributed by atoms with van der Waals surface area (Å²) in [5.74, 6) is 1.89. The Morgan fingerprint density at radius 1 is 1.24 bits per heavy atom. The second kappa shape index (κ2) is 7.46. The number of hydrogen-bond donors (Lipinski definition) is 0. The molecule has 2 rings (SSSR count). The third-order valence-electron chi connectivity index (χ3n) is 4.11. The molecule has 0 bridgehead atoms. The van der Waals surface area contributed by atoms with E-state index in [9.17, 15) is 4.79 Å². The maximum atomic E-state index is 11.5. The third kappa shape index (κ3) is 3.97. The van der Waals surface area contributed by atoms with Crippen molar-refractivity contribution in [3.8, 4) is 11.5 Å². The van der Waals surface area contributed by atoms with E-state index >= 15 is 0 Å². The van der Waals surface area contributed by atoms with Crippen molar-refractivity contribution in [2.75, 3.05) is 27.3 Å². The van der Waals surface area contributed by atoms with Crippen LogP contribution in [0.3, 0.4) is 0 Å². The molecule has 1 heterocycles. The minimum atomic E-state index is 0.364. The van der Waals surface area contributed by atoms with E-state index in [1.54, 1.807) is 14.2 Å². The molecule has 1 saturated heterocycles. The predicted octanol–water partition coefficient (Wildman–Crippen LogP) is 2.69. The van der Waals surface area contributed by atoms with Crippen molar-refractivity contribution in [2.45, 2.75) is 38.6 Å². The molecule has 0 N–H and O–H groups in total. The van der Waals surface area contributed by atoms with Crippen LogP contribution in [-0.4, -0.2) is 44.0 Å². The van der Waals surface area contributed by atoms with E-state index in [0.717, 1.165) is 37.3 Å². The SMILES string of the molecule is CCCC(Cc1ccc(OC)c(OC)c1)N1CCC(=O)C1. The van der Waals surface area contributed by atoms with Crippen molar-refractivity contribution in [1.29, 1.82) is 0 Å². The van der Waals surface area contributed by atoms with Gasteiger partial charge in [0.15, 0.2) is 11.5 Å². The summed E-state index contributed by atoms with van der Waals surface area (Å²) in [6, 6.07) is 6.51. The molecule has 1 aromatic carbocycles. The highest BCUT2D eigenvalue weighted by Crippen LogP contribution is 2.29. The third-order valence-corrected chi connectivity index (χ3v) is 4.11. The fraction of sp³-hybridized carbons (Fsp3) is 0.588. The standard InChI is InChI=1S/C17H25NO3/c1-4-5-14(18-9-8-15(19)12-18)10-13-6-7-16(20-2)17(11-13)21-3/h6-7,11,14H,4-5,8-10,12H2,1-3H3. The number of methoxy groups -OCH3 is 2. The van der Waals surface area contributed by atoms with Gasteiger partial charge in [-0.3, -0.25) is 9.69 Å². The number of rotatable bonds is 7. The van der Waals surface area contributed by atoms with E-state index in [2.05, 4.69) is 17.9 Å². The molecule has 4 nitrogen and oxygen atoms in total. The van der Waals surface area contributed by atoms with Crippen LogP contribution in [0, 0.1) is 0 Å². The first-order chi connectivity index (χ1) is 10.2. The summed E-state index contributed by atoms with van der Waals surface area (Å²) in [6.45, 7) is 3.70. The molecule has 1 aliphatic rings. The Balaban J connectivity index is 2.11. The van der Waals surface area contributed by atoms with Gasteiger partial charge in [0.2, 0.25) is 0 Å². The number of nitrogens with zero attached hydrogens (tertiary/aromatic N) is 1. The Hall–Kier alpha value is -1.55. The van der Waals surface area contributed by atoms with Crippen molar-refractivity contribution >= 4 is 5.78 Å². The van der Waals surface area contributed by atoms with Gasteiger partial charge in [-0.25, -0.2) is 0 Å². The maximum absolute atomic E-state index is 11.5. The largest absolute Gasteiger partial charge is 0.493 e. The monoisotopic (exact) mass is 291 g/mol. The molecule has 0 amide bonds. The number of ketones is 1. The summed E-state index contributed by atoms with van der Waals surface area (Å²) in [7, 11) is 3.30. The smallest absolute Gasteiger partial charge is 0.160 e. The lowest BCUT2D eigenvalue weighted by Gasteiger charge is -2.27. The summed E-state index contributed by atoms with van der Waals surface area (Å²) >= 11 is 0. The van der Waals surface area contributed by atoms with Crippen molar-refractivity contribution < 1.29 is 14.3 Å². The number of ether oxygens (including phenoxy) is 2. The Kier molecular flexibility index (Phi) is 5.62. The van der Waals surface area contributed by atoms with Gasteiger partial charge in [0.05, 0.1) is 20.8 Å². The van der Waals surface area contributed by atoms with E-state index in [0.29, 0.717) is 24.8 Å². The Labute approximate surface area is 127 Å². The lowest BCUT2D eigenvalue weighted by atomic mass is 10.0. The summed E-state index contributed by atoms with van der Waals surface area (Å²) < 4.78 is 10.6. The number of benzene rings is 1. The number of hydrogen-bond acceptors (Lipinski definition) is 4. The summed E-state index contributed by atoms with van der Waals surface area (Å²) in [6.07, 6.45) is 3.89. The number of carbonyl (C=O) groups is 1. The highest BCUT2D eigenvalue weighted by atomic mass is 16.5. The van der Waals surface area contributed by atoms with Crippen molar-refractivity contribution in [1.82, 2.24) is 4.90 Å². The van der Waals surface area contributed by atoms with Crippen LogP contribution < -0.4 is 9.47 Å². The predicted molar refractivity (Wildman–Crippen MR) is 83.1 cm³/mol. The van der Waals surface area contributed by atoms with Crippen molar-refractivity contribution in [2.24, 2.45) is 0 Å². The topological polar surface area (TPSA) is 38.8 Å². The number of carbonyl (C=O) groups excluding carboxylic acids is 1. The van der Waals surface area contributed by atoms with Gasteiger partial charge in [0, 0.05) is 19.0 Å². The summed E-state index contributed by atoms with van der Waals surface area (Å²) in [5, 5.41) is 0. The molecule has 1 fully saturated rings. The van der Waals surface area contributed by atoms with Crippen LogP contribution >= 0.6 is 0 Å². The van der Waals surface area contributed by atoms with Gasteiger partial charge >= 0.3 is 0 Å². The van der Waals surface area contributed by atoms with Crippen molar-refractivity contribution in [3.63, 3.8) is 0 Å². The van der Waals surface area contributed by atoms with Crippen LogP contribution in [0.15, 0.2) is 18.2 Å². The minimum Gasteiger partial charge on any atom is -0.493 e. The van der Waals surface area contributed by atoms with Crippen LogP contribution in [0.5, 0.6) is 11.5 Å². The average Bonchev–Trinajstić information content (AvgIpc) is 2.93. The first-order valence-electron chi connectivity index (χ1n) is 7.64. The highest BCUT2D eigenvalue weighted by Gasteiger charge is 2.26. The van der Waals surface area contributed by atoms with E-state index in [-0.39, 0.29) is 0 Å². The molecular formula is C17H25NO3. The van der Waals surface area contributed by atoms with Crippen LogP contribution in [0.4, 0.5) is 0 Å². The van der Waals surface area contributed by atoms with E-state index in [1.807, 2.05) is 12.1 Å². The molecule has 0 spiro atoms. The quantitative estimate of drug-likeness (QED) is 0.774. The molecule has 0 aliphatic carbocycles. The second-order valence-corrected chi connectivity index (χ2v) is 5.60. The Bertz CT molecular complexity index is 487. The van der Waals surface area contributed by atoms with Crippen LogP contribution in [0.2, 0.25) is 0 Å². The fourth-order valence-electron chi connectivity index (χ4n) is 2.99. The molecule has 0 saturated carbocycles. The van der Waals surface area contributed by atoms with E-state index in [4.69, 9.17) is 9.47 Å². The van der Waals surface area contributed by atoms with E-state index < -0.39 is 0 Å². The van der Waals surface area contributed by atoms with Crippen LogP contribution in [0.1, 0.15) is 31.7 Å². The molecule has 116 valence electrons. The van der Waals surface area contributed by atoms with Gasteiger partial charge in [0.1, 0.15) is 5.78 Å². The van der Waals surface area contributed by atoms with Gasteiger partial charge in [-0.2, -0.15) is 0 Å². The van der Waals surface area contributed by atoms with Gasteiger partial charge in [0.25, 0.3) is 0 Å². The van der Waals surface area contributed by atoms with Gasteiger partial charge in [-0.15, -0.1) is 0 Å². The second-order valence-electron chi connectivity index (χ2n) is 5.60. The Morgan fingerprint density at radius 2 is 2.00 bits per heavy atom. The summed E-state index contributed by atoms with van der Waals surface area (Å²) in [4.78, 5) is 13.8. The molecule has 1 aliphatic heterocycles. The normalized spacial score (nSPS) is 17.0. The van der Waals surface area contributed by atoms with Crippen molar-refractivity contribution in [3.05, 3.63) is 23.8 Å². The first kappa shape index (κ1) is 15.8. The van der Waals surface area contributed by atoms with Crippen LogP contribution in [-0.2, 0) is 11.2 Å². The zero-order valence-electron chi connectivity index (χ0n) is 13.2. The van der Waals surface area contributed by atoms with E-state index in [1.165, 1.54) is 5.56 Å². The number of Topliss-reactive ketones (excluding diaryl/α,β-unsaturated/α-hetero) is 1. The highest BCUT2D eigenvalue weighted by molar-refractivity contribution is 5.82. The fourth-order valence-corrected chi connectivity index (χ4v) is 2.99. The molecule has 0 radical (unpaired) electrons. The molecule has 1 atom stereocenters. The Morgan fingerprint density at radius 3 is 2.57 bits per heavy atom. The molecule has 1 unspecified atom stereocenters. The lowest BCUT2D eigenvalue weighted by Crippen LogP contribution is -2.35. The molecular weight excluding hydrogens is 266 g/mol. The zero-order chi connectivity index (χ0) is 15.2. The van der Waals surface area contributed by atoms with Gasteiger partial charge in [-0.1, -0.05) is 19.4 Å². The molecule has 1 aromatic rings. The first-order valence-corrected chi connectivity index (χ1v) is 7.64. The molecule has 4 heteroatoms. The van der Waals surface area contributed by atoms with Gasteiger partial charge in [-0.05, 0) is 30.5 Å². The lowest BCUT2D eigenvalue weighted by molar-refractivity contribution is -0.117. The van der Waals surface area contributed by atoms with Gasteiger partial charge < -0.3 is 9.47 Å².